The number of anilines is 1. The molecule has 2 aromatic carbocycles. The molecule has 0 heterocycles. The average molecular weight is 313 g/mol. The predicted molar refractivity (Wildman–Crippen MR) is 78.7 cm³/mol. The molecule has 0 aromatic heterocycles. The van der Waals surface area contributed by atoms with Crippen molar-refractivity contribution >= 4 is 34.8 Å². The lowest BCUT2D eigenvalue weighted by Gasteiger charge is -2.09. The Morgan fingerprint density at radius 3 is 2.60 bits per heavy atom. The molecule has 0 spiro atoms. The molecule has 0 unspecified atom stereocenters. The van der Waals surface area contributed by atoms with Crippen molar-refractivity contribution in [3.8, 4) is 0 Å². The van der Waals surface area contributed by atoms with Crippen LogP contribution in [0.15, 0.2) is 36.4 Å². The van der Waals surface area contributed by atoms with Crippen LogP contribution in [0, 0.1) is 5.82 Å². The van der Waals surface area contributed by atoms with Gasteiger partial charge in [-0.15, -0.1) is 0 Å². The lowest BCUT2D eigenvalue weighted by atomic mass is 10.1. The molecular formula is C14H11Cl2FN2O. The molecule has 0 saturated heterocycles. The van der Waals surface area contributed by atoms with E-state index in [0.29, 0.717) is 11.3 Å². The summed E-state index contributed by atoms with van der Waals surface area (Å²) in [5, 5.41) is 3.32. The van der Waals surface area contributed by atoms with Gasteiger partial charge in [0.05, 0.1) is 15.6 Å². The Hall–Kier alpha value is -1.78. The maximum atomic E-state index is 13.7. The number of halogens is 3. The van der Waals surface area contributed by atoms with Gasteiger partial charge in [-0.1, -0.05) is 35.3 Å². The van der Waals surface area contributed by atoms with Crippen molar-refractivity contribution in [2.75, 3.05) is 5.32 Å². The van der Waals surface area contributed by atoms with Gasteiger partial charge < -0.3 is 11.1 Å². The SMILES string of the molecule is NC(=O)c1ccc(NCc2cccc(Cl)c2F)cc1Cl. The van der Waals surface area contributed by atoms with Crippen LogP contribution in [0.5, 0.6) is 0 Å². The molecule has 2 aromatic rings. The molecule has 104 valence electrons. The normalized spacial score (nSPS) is 10.3. The Labute approximate surface area is 125 Å². The minimum atomic E-state index is -0.595. The third-order valence-corrected chi connectivity index (χ3v) is 3.35. The number of hydrogen-bond acceptors (Lipinski definition) is 2. The second-order valence-electron chi connectivity index (χ2n) is 4.13. The lowest BCUT2D eigenvalue weighted by molar-refractivity contribution is 0.100. The first-order chi connectivity index (χ1) is 9.49. The van der Waals surface area contributed by atoms with Crippen LogP contribution in [0.2, 0.25) is 10.0 Å². The van der Waals surface area contributed by atoms with Gasteiger partial charge in [0.2, 0.25) is 5.91 Å². The molecule has 0 bridgehead atoms. The van der Waals surface area contributed by atoms with Gasteiger partial charge >= 0.3 is 0 Å². The Morgan fingerprint density at radius 2 is 1.95 bits per heavy atom. The topological polar surface area (TPSA) is 55.1 Å². The molecule has 3 nitrogen and oxygen atoms in total. The van der Waals surface area contributed by atoms with Crippen LogP contribution in [0.3, 0.4) is 0 Å². The standard InChI is InChI=1S/C14H11Cl2FN2O/c15-11-3-1-2-8(13(11)17)7-19-9-4-5-10(14(18)20)12(16)6-9/h1-6,19H,7H2,(H2,18,20). The number of nitrogens with one attached hydrogen (secondary N) is 1. The number of hydrogen-bond donors (Lipinski definition) is 2. The van der Waals surface area contributed by atoms with Gasteiger partial charge in [0.25, 0.3) is 0 Å². The summed E-state index contributed by atoms with van der Waals surface area (Å²) < 4.78 is 13.7. The van der Waals surface area contributed by atoms with E-state index in [2.05, 4.69) is 5.32 Å². The van der Waals surface area contributed by atoms with E-state index in [4.69, 9.17) is 28.9 Å². The fraction of sp³-hybridized carbons (Fsp3) is 0.0714. The maximum absolute atomic E-state index is 13.7. The Kier molecular flexibility index (Phi) is 4.47. The highest BCUT2D eigenvalue weighted by Gasteiger charge is 2.08. The van der Waals surface area contributed by atoms with Gasteiger partial charge in [0, 0.05) is 17.8 Å². The quantitative estimate of drug-likeness (QED) is 0.901. The van der Waals surface area contributed by atoms with Crippen molar-refractivity contribution in [1.29, 1.82) is 0 Å². The summed E-state index contributed by atoms with van der Waals surface area (Å²) in [6.45, 7) is 0.249. The molecule has 3 N–H and O–H groups in total. The highest BCUT2D eigenvalue weighted by atomic mass is 35.5. The summed E-state index contributed by atoms with van der Waals surface area (Å²) in [4.78, 5) is 11.0. The van der Waals surface area contributed by atoms with Gasteiger partial charge in [-0.2, -0.15) is 0 Å². The minimum Gasteiger partial charge on any atom is -0.381 e. The van der Waals surface area contributed by atoms with Crippen molar-refractivity contribution in [3.63, 3.8) is 0 Å². The van der Waals surface area contributed by atoms with Gasteiger partial charge in [0.15, 0.2) is 0 Å². The van der Waals surface area contributed by atoms with Crippen molar-refractivity contribution < 1.29 is 9.18 Å². The van der Waals surface area contributed by atoms with E-state index < -0.39 is 11.7 Å². The number of primary amides is 1. The first-order valence-electron chi connectivity index (χ1n) is 5.75. The molecule has 0 atom stereocenters. The van der Waals surface area contributed by atoms with Gasteiger partial charge in [0.1, 0.15) is 5.82 Å². The Balaban J connectivity index is 2.13. The molecule has 6 heteroatoms. The highest BCUT2D eigenvalue weighted by molar-refractivity contribution is 6.34. The van der Waals surface area contributed by atoms with Crippen molar-refractivity contribution in [2.45, 2.75) is 6.54 Å². The first-order valence-corrected chi connectivity index (χ1v) is 6.50. The number of rotatable bonds is 4. The molecule has 0 aliphatic carbocycles. The number of nitrogens with two attached hydrogens (primary N) is 1. The molecule has 20 heavy (non-hydrogen) atoms. The van der Waals surface area contributed by atoms with Gasteiger partial charge in [-0.25, -0.2) is 4.39 Å². The zero-order valence-electron chi connectivity index (χ0n) is 10.3. The summed E-state index contributed by atoms with van der Waals surface area (Å²) in [5.74, 6) is -1.05. The van der Waals surface area contributed by atoms with E-state index in [1.54, 1.807) is 24.3 Å². The zero-order chi connectivity index (χ0) is 14.7. The monoisotopic (exact) mass is 312 g/mol. The van der Waals surface area contributed by atoms with E-state index >= 15 is 0 Å². The lowest BCUT2D eigenvalue weighted by Crippen LogP contribution is -2.11. The van der Waals surface area contributed by atoms with Crippen LogP contribution < -0.4 is 11.1 Å². The van der Waals surface area contributed by atoms with E-state index in [-0.39, 0.29) is 22.2 Å². The van der Waals surface area contributed by atoms with Gasteiger partial charge in [-0.3, -0.25) is 4.79 Å². The van der Waals surface area contributed by atoms with Crippen molar-refractivity contribution in [1.82, 2.24) is 0 Å². The molecule has 0 fully saturated rings. The second kappa shape index (κ2) is 6.11. The Morgan fingerprint density at radius 1 is 1.20 bits per heavy atom. The largest absolute Gasteiger partial charge is 0.381 e. The summed E-state index contributed by atoms with van der Waals surface area (Å²) in [6.07, 6.45) is 0. The first kappa shape index (κ1) is 14.6. The molecule has 0 aliphatic rings. The molecular weight excluding hydrogens is 302 g/mol. The van der Waals surface area contributed by atoms with E-state index in [1.807, 2.05) is 0 Å². The summed E-state index contributed by atoms with van der Waals surface area (Å²) in [7, 11) is 0. The van der Waals surface area contributed by atoms with E-state index in [1.165, 1.54) is 12.1 Å². The zero-order valence-corrected chi connectivity index (χ0v) is 11.8. The minimum absolute atomic E-state index is 0.0754. The molecule has 0 saturated carbocycles. The third kappa shape index (κ3) is 3.21. The van der Waals surface area contributed by atoms with Crippen LogP contribution in [0.1, 0.15) is 15.9 Å². The smallest absolute Gasteiger partial charge is 0.250 e. The highest BCUT2D eigenvalue weighted by Crippen LogP contribution is 2.22. The Bertz CT molecular complexity index is 662. The fourth-order valence-corrected chi connectivity index (χ4v) is 2.17. The predicted octanol–water partition coefficient (Wildman–Crippen LogP) is 3.84. The molecule has 0 aliphatic heterocycles. The van der Waals surface area contributed by atoms with Crippen molar-refractivity contribution in [3.05, 3.63) is 63.4 Å². The number of carbonyl (C=O) groups is 1. The molecule has 0 radical (unpaired) electrons. The third-order valence-electron chi connectivity index (χ3n) is 2.75. The number of carbonyl (C=O) groups excluding carboxylic acids is 1. The fourth-order valence-electron chi connectivity index (χ4n) is 1.71. The molecule has 2 rings (SSSR count). The van der Waals surface area contributed by atoms with Crippen LogP contribution in [0.25, 0.3) is 0 Å². The van der Waals surface area contributed by atoms with Crippen LogP contribution in [-0.4, -0.2) is 5.91 Å². The van der Waals surface area contributed by atoms with E-state index in [9.17, 15) is 9.18 Å². The van der Waals surface area contributed by atoms with Crippen LogP contribution in [0.4, 0.5) is 10.1 Å². The van der Waals surface area contributed by atoms with Crippen LogP contribution in [-0.2, 0) is 6.54 Å². The maximum Gasteiger partial charge on any atom is 0.250 e. The summed E-state index contributed by atoms with van der Waals surface area (Å²) in [6, 6.07) is 9.51. The summed E-state index contributed by atoms with van der Waals surface area (Å²) in [5.41, 5.74) is 6.49. The second-order valence-corrected chi connectivity index (χ2v) is 4.94. The van der Waals surface area contributed by atoms with Crippen LogP contribution >= 0.6 is 23.2 Å². The average Bonchev–Trinajstić information content (AvgIpc) is 2.40. The van der Waals surface area contributed by atoms with Crippen molar-refractivity contribution in [2.24, 2.45) is 5.73 Å². The van der Waals surface area contributed by atoms with Gasteiger partial charge in [-0.05, 0) is 24.3 Å². The van der Waals surface area contributed by atoms with E-state index in [0.717, 1.165) is 0 Å². The summed E-state index contributed by atoms with van der Waals surface area (Å²) >= 11 is 11.6. The molecule has 1 amide bonds. The number of amides is 1. The number of benzene rings is 2.